The highest BCUT2D eigenvalue weighted by atomic mass is 19.4. The van der Waals surface area contributed by atoms with Crippen LogP contribution in [0.5, 0.6) is 0 Å². The number of hydrogen-bond acceptors (Lipinski definition) is 3. The standard InChI is InChI=1S/C14H22F3N3O2/c1-12(2,3)8-20-10(14(15,16)17)9(7-18-20)19-11(21)22-13(4,5)6/h7H,8H2,1-6H3,(H,19,21). The fourth-order valence-corrected chi connectivity index (χ4v) is 1.76. The van der Waals surface area contributed by atoms with Crippen LogP contribution in [0.4, 0.5) is 23.7 Å². The Labute approximate surface area is 127 Å². The van der Waals surface area contributed by atoms with Crippen LogP contribution in [0.25, 0.3) is 0 Å². The van der Waals surface area contributed by atoms with Crippen LogP contribution < -0.4 is 5.32 Å². The lowest BCUT2D eigenvalue weighted by Crippen LogP contribution is -2.28. The van der Waals surface area contributed by atoms with Gasteiger partial charge in [-0.1, -0.05) is 20.8 Å². The summed E-state index contributed by atoms with van der Waals surface area (Å²) < 4.78 is 45.6. The van der Waals surface area contributed by atoms with Crippen molar-refractivity contribution in [3.63, 3.8) is 0 Å². The first-order valence-electron chi connectivity index (χ1n) is 6.82. The lowest BCUT2D eigenvalue weighted by atomic mass is 9.97. The van der Waals surface area contributed by atoms with Crippen LogP contribution in [0, 0.1) is 5.41 Å². The maximum absolute atomic E-state index is 13.3. The Kier molecular flexibility index (Phi) is 4.84. The second kappa shape index (κ2) is 5.81. The summed E-state index contributed by atoms with van der Waals surface area (Å²) in [5, 5.41) is 5.86. The predicted molar refractivity (Wildman–Crippen MR) is 76.5 cm³/mol. The molecule has 0 spiro atoms. The van der Waals surface area contributed by atoms with Crippen molar-refractivity contribution in [2.24, 2.45) is 5.41 Å². The molecule has 0 aliphatic rings. The van der Waals surface area contributed by atoms with E-state index in [0.717, 1.165) is 10.9 Å². The van der Waals surface area contributed by atoms with Gasteiger partial charge >= 0.3 is 12.3 Å². The van der Waals surface area contributed by atoms with E-state index in [-0.39, 0.29) is 6.54 Å². The first-order valence-corrected chi connectivity index (χ1v) is 6.82. The molecule has 0 atom stereocenters. The second-order valence-electron chi connectivity index (χ2n) is 7.25. The number of aromatic nitrogens is 2. The van der Waals surface area contributed by atoms with Crippen molar-refractivity contribution in [1.29, 1.82) is 0 Å². The highest BCUT2D eigenvalue weighted by Gasteiger charge is 2.39. The van der Waals surface area contributed by atoms with Gasteiger partial charge in [0.25, 0.3) is 0 Å². The maximum atomic E-state index is 13.3. The van der Waals surface area contributed by atoms with Crippen LogP contribution in [0.15, 0.2) is 6.20 Å². The van der Waals surface area contributed by atoms with Gasteiger partial charge in [-0.15, -0.1) is 0 Å². The van der Waals surface area contributed by atoms with Gasteiger partial charge in [0, 0.05) is 6.54 Å². The number of amides is 1. The minimum absolute atomic E-state index is 0.0673. The Hall–Kier alpha value is -1.73. The van der Waals surface area contributed by atoms with E-state index in [2.05, 4.69) is 10.4 Å². The quantitative estimate of drug-likeness (QED) is 0.884. The number of carbonyl (C=O) groups is 1. The average Bonchev–Trinajstić information content (AvgIpc) is 2.53. The number of anilines is 1. The van der Waals surface area contributed by atoms with E-state index < -0.39 is 34.7 Å². The molecule has 1 rings (SSSR count). The van der Waals surface area contributed by atoms with Crippen molar-refractivity contribution in [3.8, 4) is 0 Å². The summed E-state index contributed by atoms with van der Waals surface area (Å²) in [5.74, 6) is 0. The molecule has 0 aromatic carbocycles. The molecule has 0 saturated heterocycles. The number of rotatable bonds is 2. The van der Waals surface area contributed by atoms with Crippen molar-refractivity contribution >= 4 is 11.8 Å². The molecule has 0 aliphatic heterocycles. The Morgan fingerprint density at radius 1 is 1.23 bits per heavy atom. The number of hydrogen-bond donors (Lipinski definition) is 1. The molecular weight excluding hydrogens is 299 g/mol. The van der Waals surface area contributed by atoms with Gasteiger partial charge in [-0.2, -0.15) is 18.3 Å². The molecule has 1 heterocycles. The third kappa shape index (κ3) is 5.57. The summed E-state index contributed by atoms with van der Waals surface area (Å²) in [6.45, 7) is 10.3. The fourth-order valence-electron chi connectivity index (χ4n) is 1.76. The van der Waals surface area contributed by atoms with Crippen LogP contribution in [0.1, 0.15) is 47.2 Å². The average molecular weight is 321 g/mol. The fraction of sp³-hybridized carbons (Fsp3) is 0.714. The molecule has 1 amide bonds. The van der Waals surface area contributed by atoms with Gasteiger partial charge in [-0.3, -0.25) is 10.00 Å². The lowest BCUT2D eigenvalue weighted by molar-refractivity contribution is -0.144. The molecule has 1 aromatic heterocycles. The molecule has 0 radical (unpaired) electrons. The number of halogens is 3. The van der Waals surface area contributed by atoms with Crippen molar-refractivity contribution in [2.75, 3.05) is 5.32 Å². The van der Waals surface area contributed by atoms with Crippen LogP contribution in [-0.4, -0.2) is 21.5 Å². The largest absolute Gasteiger partial charge is 0.444 e. The summed E-state index contributed by atoms with van der Waals surface area (Å²) in [4.78, 5) is 11.7. The van der Waals surface area contributed by atoms with Gasteiger partial charge in [0.15, 0.2) is 5.69 Å². The number of nitrogens with one attached hydrogen (secondary N) is 1. The van der Waals surface area contributed by atoms with E-state index in [1.54, 1.807) is 41.5 Å². The van der Waals surface area contributed by atoms with E-state index in [4.69, 9.17) is 4.74 Å². The molecule has 5 nitrogen and oxygen atoms in total. The lowest BCUT2D eigenvalue weighted by Gasteiger charge is -2.22. The Morgan fingerprint density at radius 3 is 2.18 bits per heavy atom. The van der Waals surface area contributed by atoms with E-state index in [9.17, 15) is 18.0 Å². The summed E-state index contributed by atoms with van der Waals surface area (Å²) in [7, 11) is 0. The first-order chi connectivity index (χ1) is 9.69. The SMILES string of the molecule is CC(C)(C)Cn1ncc(NC(=O)OC(C)(C)C)c1C(F)(F)F. The zero-order valence-electron chi connectivity index (χ0n) is 13.6. The van der Waals surface area contributed by atoms with Crippen LogP contribution >= 0.6 is 0 Å². The normalized spacial score (nSPS) is 13.1. The third-order valence-corrected chi connectivity index (χ3v) is 2.37. The minimum Gasteiger partial charge on any atom is -0.444 e. The van der Waals surface area contributed by atoms with Crippen molar-refractivity contribution < 1.29 is 22.7 Å². The number of alkyl halides is 3. The minimum atomic E-state index is -4.63. The van der Waals surface area contributed by atoms with Gasteiger partial charge in [-0.05, 0) is 26.2 Å². The summed E-state index contributed by atoms with van der Waals surface area (Å²) in [6, 6.07) is 0. The van der Waals surface area contributed by atoms with Gasteiger partial charge in [-0.25, -0.2) is 4.79 Å². The monoisotopic (exact) mass is 321 g/mol. The molecule has 0 aliphatic carbocycles. The smallest absolute Gasteiger partial charge is 0.435 e. The van der Waals surface area contributed by atoms with Gasteiger partial charge in [0.1, 0.15) is 5.60 Å². The van der Waals surface area contributed by atoms with Crippen LogP contribution in [0.3, 0.4) is 0 Å². The van der Waals surface area contributed by atoms with Gasteiger partial charge in [0.2, 0.25) is 0 Å². The van der Waals surface area contributed by atoms with Crippen molar-refractivity contribution in [1.82, 2.24) is 9.78 Å². The molecule has 8 heteroatoms. The second-order valence-corrected chi connectivity index (χ2v) is 7.25. The highest BCUT2D eigenvalue weighted by molar-refractivity contribution is 5.85. The van der Waals surface area contributed by atoms with Gasteiger partial charge < -0.3 is 4.74 Å². The molecule has 0 unspecified atom stereocenters. The number of ether oxygens (including phenoxy) is 1. The predicted octanol–water partition coefficient (Wildman–Crippen LogP) is 4.30. The summed E-state index contributed by atoms with van der Waals surface area (Å²) >= 11 is 0. The number of carbonyl (C=O) groups excluding carboxylic acids is 1. The molecule has 22 heavy (non-hydrogen) atoms. The maximum Gasteiger partial charge on any atom is 0.435 e. The van der Waals surface area contributed by atoms with Crippen molar-refractivity contribution in [2.45, 2.75) is 59.9 Å². The zero-order chi connectivity index (χ0) is 17.3. The summed E-state index contributed by atoms with van der Waals surface area (Å²) in [5.41, 5.74) is -2.60. The highest BCUT2D eigenvalue weighted by Crippen LogP contribution is 2.36. The molecule has 1 N–H and O–H groups in total. The van der Waals surface area contributed by atoms with Crippen molar-refractivity contribution in [3.05, 3.63) is 11.9 Å². The van der Waals surface area contributed by atoms with E-state index >= 15 is 0 Å². The molecule has 0 bridgehead atoms. The zero-order valence-corrected chi connectivity index (χ0v) is 13.6. The third-order valence-electron chi connectivity index (χ3n) is 2.37. The van der Waals surface area contributed by atoms with Crippen LogP contribution in [-0.2, 0) is 17.5 Å². The van der Waals surface area contributed by atoms with Gasteiger partial charge in [0.05, 0.1) is 11.9 Å². The summed E-state index contributed by atoms with van der Waals surface area (Å²) in [6.07, 6.45) is -4.60. The van der Waals surface area contributed by atoms with Crippen LogP contribution in [0.2, 0.25) is 0 Å². The molecule has 0 saturated carbocycles. The topological polar surface area (TPSA) is 56.2 Å². The Balaban J connectivity index is 3.08. The number of nitrogens with zero attached hydrogens (tertiary/aromatic N) is 2. The molecule has 126 valence electrons. The van der Waals surface area contributed by atoms with E-state index in [1.807, 2.05) is 0 Å². The molecule has 1 aromatic rings. The molecular formula is C14H22F3N3O2. The molecule has 0 fully saturated rings. The Morgan fingerprint density at radius 2 is 1.77 bits per heavy atom. The van der Waals surface area contributed by atoms with E-state index in [0.29, 0.717) is 0 Å². The first kappa shape index (κ1) is 18.3. The Bertz CT molecular complexity index is 537. The van der Waals surface area contributed by atoms with E-state index in [1.165, 1.54) is 0 Å².